The van der Waals surface area contributed by atoms with Gasteiger partial charge in [-0.2, -0.15) is 0 Å². The van der Waals surface area contributed by atoms with E-state index in [1.54, 1.807) is 37.3 Å². The lowest BCUT2D eigenvalue weighted by molar-refractivity contribution is -0.139. The monoisotopic (exact) mass is 459 g/mol. The van der Waals surface area contributed by atoms with Crippen molar-refractivity contribution in [3.05, 3.63) is 65.7 Å². The van der Waals surface area contributed by atoms with Gasteiger partial charge in [0.1, 0.15) is 12.6 Å². The van der Waals surface area contributed by atoms with Crippen LogP contribution < -0.4 is 9.62 Å². The molecule has 0 heterocycles. The number of benzene rings is 2. The van der Waals surface area contributed by atoms with Gasteiger partial charge in [-0.25, -0.2) is 8.42 Å². The SMILES string of the molecule is Cc1ccc(CN(C(=O)CN(c2ccccc2)S(C)(=O)=O)[C@H](C)C(=O)NCC(C)C)cc1. The lowest BCUT2D eigenvalue weighted by Gasteiger charge is -2.31. The van der Waals surface area contributed by atoms with Crippen LogP contribution in [-0.2, 0) is 26.2 Å². The Morgan fingerprint density at radius 3 is 2.09 bits per heavy atom. The maximum atomic E-state index is 13.4. The molecule has 0 aromatic heterocycles. The van der Waals surface area contributed by atoms with Gasteiger partial charge in [0.2, 0.25) is 21.8 Å². The lowest BCUT2D eigenvalue weighted by Crippen LogP contribution is -2.51. The minimum absolute atomic E-state index is 0.196. The molecule has 0 unspecified atom stereocenters. The smallest absolute Gasteiger partial charge is 0.244 e. The number of nitrogens with zero attached hydrogens (tertiary/aromatic N) is 2. The number of carbonyl (C=O) groups excluding carboxylic acids is 2. The summed E-state index contributed by atoms with van der Waals surface area (Å²) in [5.41, 5.74) is 2.34. The molecule has 0 radical (unpaired) electrons. The van der Waals surface area contributed by atoms with E-state index in [0.29, 0.717) is 12.2 Å². The van der Waals surface area contributed by atoms with Gasteiger partial charge in [0.25, 0.3) is 0 Å². The van der Waals surface area contributed by atoms with Gasteiger partial charge < -0.3 is 10.2 Å². The van der Waals surface area contributed by atoms with Crippen LogP contribution in [0.1, 0.15) is 31.9 Å². The average molecular weight is 460 g/mol. The molecule has 2 aromatic carbocycles. The second-order valence-electron chi connectivity index (χ2n) is 8.43. The summed E-state index contributed by atoms with van der Waals surface area (Å²) in [6, 6.07) is 15.4. The van der Waals surface area contributed by atoms with Crippen LogP contribution in [-0.4, -0.2) is 50.5 Å². The third-order valence-corrected chi connectivity index (χ3v) is 6.19. The van der Waals surface area contributed by atoms with E-state index in [2.05, 4.69) is 5.32 Å². The van der Waals surface area contributed by atoms with Crippen LogP contribution >= 0.6 is 0 Å². The van der Waals surface area contributed by atoms with Crippen molar-refractivity contribution >= 4 is 27.5 Å². The summed E-state index contributed by atoms with van der Waals surface area (Å²) in [4.78, 5) is 27.6. The van der Waals surface area contributed by atoms with Gasteiger partial charge >= 0.3 is 0 Å². The molecule has 0 saturated carbocycles. The second-order valence-corrected chi connectivity index (χ2v) is 10.3. The number of nitrogens with one attached hydrogen (secondary N) is 1. The number of hydrogen-bond donors (Lipinski definition) is 1. The van der Waals surface area contributed by atoms with E-state index in [0.717, 1.165) is 21.7 Å². The molecule has 1 atom stereocenters. The molecule has 8 heteroatoms. The van der Waals surface area contributed by atoms with Crippen molar-refractivity contribution in [2.45, 2.75) is 40.3 Å². The first-order valence-electron chi connectivity index (χ1n) is 10.6. The standard InChI is InChI=1S/C24H33N3O4S/c1-18(2)15-25-24(29)20(4)26(16-21-13-11-19(3)12-14-21)23(28)17-27(32(5,30)31)22-9-7-6-8-10-22/h6-14,18,20H,15-17H2,1-5H3,(H,25,29)/t20-/m1/s1. The first-order valence-corrected chi connectivity index (χ1v) is 12.5. The number of rotatable bonds is 10. The highest BCUT2D eigenvalue weighted by atomic mass is 32.2. The van der Waals surface area contributed by atoms with Crippen molar-refractivity contribution in [1.82, 2.24) is 10.2 Å². The molecule has 0 bridgehead atoms. The van der Waals surface area contributed by atoms with E-state index in [9.17, 15) is 18.0 Å². The van der Waals surface area contributed by atoms with Crippen molar-refractivity contribution in [2.75, 3.05) is 23.7 Å². The maximum absolute atomic E-state index is 13.4. The fraction of sp³-hybridized carbons (Fsp3) is 0.417. The van der Waals surface area contributed by atoms with Crippen molar-refractivity contribution in [1.29, 1.82) is 0 Å². The largest absolute Gasteiger partial charge is 0.354 e. The van der Waals surface area contributed by atoms with Crippen molar-refractivity contribution in [3.63, 3.8) is 0 Å². The molecule has 0 aliphatic rings. The van der Waals surface area contributed by atoms with Crippen LogP contribution in [0.5, 0.6) is 0 Å². The Bertz CT molecular complexity index is 1010. The number of para-hydroxylation sites is 1. The van der Waals surface area contributed by atoms with Crippen LogP contribution in [0.25, 0.3) is 0 Å². The molecule has 174 valence electrons. The van der Waals surface area contributed by atoms with Crippen LogP contribution in [0.2, 0.25) is 0 Å². The fourth-order valence-corrected chi connectivity index (χ4v) is 3.98. The normalized spacial score (nSPS) is 12.3. The van der Waals surface area contributed by atoms with E-state index in [1.807, 2.05) is 45.0 Å². The summed E-state index contributed by atoms with van der Waals surface area (Å²) < 4.78 is 26.0. The molecule has 7 nitrogen and oxygen atoms in total. The molecule has 2 rings (SSSR count). The third-order valence-electron chi connectivity index (χ3n) is 5.05. The van der Waals surface area contributed by atoms with Gasteiger partial charge in [-0.15, -0.1) is 0 Å². The van der Waals surface area contributed by atoms with Gasteiger partial charge in [-0.3, -0.25) is 13.9 Å². The van der Waals surface area contributed by atoms with Crippen molar-refractivity contribution in [2.24, 2.45) is 5.92 Å². The highest BCUT2D eigenvalue weighted by Gasteiger charge is 2.30. The summed E-state index contributed by atoms with van der Waals surface area (Å²) >= 11 is 0. The van der Waals surface area contributed by atoms with Crippen LogP contribution in [0.15, 0.2) is 54.6 Å². The van der Waals surface area contributed by atoms with Crippen molar-refractivity contribution in [3.8, 4) is 0 Å². The number of aryl methyl sites for hydroxylation is 1. The molecule has 0 spiro atoms. The first kappa shape index (κ1) is 25.4. The summed E-state index contributed by atoms with van der Waals surface area (Å²) in [6.45, 7) is 7.91. The van der Waals surface area contributed by atoms with E-state index in [4.69, 9.17) is 0 Å². The Morgan fingerprint density at radius 1 is 0.969 bits per heavy atom. The molecule has 2 amide bonds. The molecule has 1 N–H and O–H groups in total. The number of anilines is 1. The number of amides is 2. The fourth-order valence-electron chi connectivity index (χ4n) is 3.13. The molecular formula is C24H33N3O4S. The molecule has 0 fully saturated rings. The first-order chi connectivity index (χ1) is 15.0. The zero-order chi connectivity index (χ0) is 23.9. The Balaban J connectivity index is 2.32. The Labute approximate surface area is 191 Å². The molecule has 0 aliphatic heterocycles. The summed E-state index contributed by atoms with van der Waals surface area (Å²) in [5, 5.41) is 2.86. The van der Waals surface area contributed by atoms with Gasteiger partial charge in [0.05, 0.1) is 11.9 Å². The summed E-state index contributed by atoms with van der Waals surface area (Å²) in [5.74, 6) is -0.456. The van der Waals surface area contributed by atoms with Crippen LogP contribution in [0.4, 0.5) is 5.69 Å². The summed E-state index contributed by atoms with van der Waals surface area (Å²) in [7, 11) is -3.71. The van der Waals surface area contributed by atoms with E-state index >= 15 is 0 Å². The number of hydrogen-bond acceptors (Lipinski definition) is 4. The highest BCUT2D eigenvalue weighted by molar-refractivity contribution is 7.92. The summed E-state index contributed by atoms with van der Waals surface area (Å²) in [6.07, 6.45) is 1.07. The van der Waals surface area contributed by atoms with Gasteiger partial charge in [0.15, 0.2) is 0 Å². The zero-order valence-electron chi connectivity index (χ0n) is 19.4. The lowest BCUT2D eigenvalue weighted by atomic mass is 10.1. The van der Waals surface area contributed by atoms with Crippen LogP contribution in [0, 0.1) is 12.8 Å². The Morgan fingerprint density at radius 2 is 1.56 bits per heavy atom. The number of sulfonamides is 1. The third kappa shape index (κ3) is 7.37. The van der Waals surface area contributed by atoms with Crippen LogP contribution in [0.3, 0.4) is 0 Å². The second kappa shape index (κ2) is 11.1. The molecule has 2 aromatic rings. The topological polar surface area (TPSA) is 86.8 Å². The van der Waals surface area contributed by atoms with Gasteiger partial charge in [0, 0.05) is 13.1 Å². The van der Waals surface area contributed by atoms with E-state index < -0.39 is 28.5 Å². The predicted octanol–water partition coefficient (Wildman–Crippen LogP) is 2.95. The van der Waals surface area contributed by atoms with E-state index in [-0.39, 0.29) is 18.4 Å². The molecule has 0 saturated heterocycles. The van der Waals surface area contributed by atoms with E-state index in [1.165, 1.54) is 4.90 Å². The van der Waals surface area contributed by atoms with Gasteiger partial charge in [-0.1, -0.05) is 61.9 Å². The van der Waals surface area contributed by atoms with Crippen molar-refractivity contribution < 1.29 is 18.0 Å². The molecular weight excluding hydrogens is 426 g/mol. The molecule has 32 heavy (non-hydrogen) atoms. The Hall–Kier alpha value is -2.87. The minimum Gasteiger partial charge on any atom is -0.354 e. The molecule has 0 aliphatic carbocycles. The average Bonchev–Trinajstić information content (AvgIpc) is 2.74. The quantitative estimate of drug-likeness (QED) is 0.592. The minimum atomic E-state index is -3.71. The Kier molecular flexibility index (Phi) is 8.83. The highest BCUT2D eigenvalue weighted by Crippen LogP contribution is 2.18. The van der Waals surface area contributed by atoms with Gasteiger partial charge in [-0.05, 0) is 37.5 Å². The number of carbonyl (C=O) groups is 2. The zero-order valence-corrected chi connectivity index (χ0v) is 20.2. The maximum Gasteiger partial charge on any atom is 0.244 e. The predicted molar refractivity (Wildman–Crippen MR) is 128 cm³/mol.